The highest BCUT2D eigenvalue weighted by molar-refractivity contribution is 7.80. The summed E-state index contributed by atoms with van der Waals surface area (Å²) in [5.41, 5.74) is 0. The first-order valence-corrected chi connectivity index (χ1v) is 4.71. The van der Waals surface area contributed by atoms with Crippen LogP contribution in [0, 0.1) is 0 Å². The van der Waals surface area contributed by atoms with Gasteiger partial charge in [-0.2, -0.15) is 15.0 Å². The Labute approximate surface area is 96.5 Å². The molecule has 0 radical (unpaired) electrons. The van der Waals surface area contributed by atoms with Crippen molar-refractivity contribution in [3.8, 4) is 0 Å². The molecule has 0 aromatic carbocycles. The van der Waals surface area contributed by atoms with Crippen molar-refractivity contribution in [1.82, 2.24) is 19.9 Å². The zero-order chi connectivity index (χ0) is 10.7. The van der Waals surface area contributed by atoms with E-state index in [2.05, 4.69) is 20.3 Å². The van der Waals surface area contributed by atoms with Gasteiger partial charge in [0.25, 0.3) is 0 Å². The summed E-state index contributed by atoms with van der Waals surface area (Å²) < 4.78 is 0. The Morgan fingerprint density at radius 3 is 2.14 bits per heavy atom. The average Bonchev–Trinajstić information content (AvgIpc) is 2.01. The number of hydrogen-bond donors (Lipinski definition) is 1. The van der Waals surface area contributed by atoms with E-state index in [4.69, 9.17) is 35.4 Å². The van der Waals surface area contributed by atoms with Crippen molar-refractivity contribution in [3.63, 3.8) is 0 Å². The Morgan fingerprint density at radius 2 is 1.71 bits per heavy atom. The van der Waals surface area contributed by atoms with E-state index < -0.39 is 0 Å². The average molecular weight is 252 g/mol. The van der Waals surface area contributed by atoms with Crippen LogP contribution >= 0.6 is 35.4 Å². The molecule has 76 valence electrons. The van der Waals surface area contributed by atoms with Crippen LogP contribution in [0.4, 0.5) is 5.95 Å². The molecule has 8 heteroatoms. The fourth-order valence-electron chi connectivity index (χ4n) is 0.589. The SMILES string of the molecule is CN(C)C(=S)Nc1nc(Cl)nc(Cl)n1. The predicted octanol–water partition coefficient (Wildman–Crippen LogP) is 1.44. The van der Waals surface area contributed by atoms with Crippen LogP contribution in [-0.4, -0.2) is 39.1 Å². The van der Waals surface area contributed by atoms with Crippen LogP contribution in [0.1, 0.15) is 0 Å². The van der Waals surface area contributed by atoms with Crippen molar-refractivity contribution in [2.75, 3.05) is 19.4 Å². The van der Waals surface area contributed by atoms with Gasteiger partial charge in [-0.25, -0.2) is 0 Å². The summed E-state index contributed by atoms with van der Waals surface area (Å²) in [6, 6.07) is 0. The molecule has 1 aromatic rings. The molecule has 0 bridgehead atoms. The molecular weight excluding hydrogens is 245 g/mol. The van der Waals surface area contributed by atoms with Crippen LogP contribution in [0.3, 0.4) is 0 Å². The predicted molar refractivity (Wildman–Crippen MR) is 59.8 cm³/mol. The van der Waals surface area contributed by atoms with Gasteiger partial charge < -0.3 is 10.2 Å². The lowest BCUT2D eigenvalue weighted by Crippen LogP contribution is -2.28. The molecule has 1 rings (SSSR count). The Hall–Kier alpha value is -0.720. The summed E-state index contributed by atoms with van der Waals surface area (Å²) in [6.45, 7) is 0. The fraction of sp³-hybridized carbons (Fsp3) is 0.333. The Balaban J connectivity index is 2.82. The van der Waals surface area contributed by atoms with Gasteiger partial charge in [-0.05, 0) is 35.4 Å². The van der Waals surface area contributed by atoms with E-state index >= 15 is 0 Å². The maximum atomic E-state index is 5.57. The van der Waals surface area contributed by atoms with E-state index in [1.165, 1.54) is 0 Å². The molecule has 1 aromatic heterocycles. The van der Waals surface area contributed by atoms with E-state index in [0.29, 0.717) is 5.11 Å². The van der Waals surface area contributed by atoms with Gasteiger partial charge in [-0.15, -0.1) is 0 Å². The van der Waals surface area contributed by atoms with E-state index in [-0.39, 0.29) is 16.5 Å². The van der Waals surface area contributed by atoms with Crippen molar-refractivity contribution in [1.29, 1.82) is 0 Å². The molecule has 0 unspecified atom stereocenters. The summed E-state index contributed by atoms with van der Waals surface area (Å²) >= 11 is 16.1. The van der Waals surface area contributed by atoms with Crippen LogP contribution in [0.25, 0.3) is 0 Å². The molecule has 0 saturated carbocycles. The van der Waals surface area contributed by atoms with Gasteiger partial charge in [0.1, 0.15) is 0 Å². The highest BCUT2D eigenvalue weighted by Crippen LogP contribution is 2.09. The summed E-state index contributed by atoms with van der Waals surface area (Å²) in [5, 5.41) is 3.26. The molecule has 0 spiro atoms. The van der Waals surface area contributed by atoms with Crippen LogP contribution < -0.4 is 5.32 Å². The number of aromatic nitrogens is 3. The molecule has 0 atom stereocenters. The number of halogens is 2. The van der Waals surface area contributed by atoms with Crippen molar-refractivity contribution < 1.29 is 0 Å². The normalized spacial score (nSPS) is 9.71. The summed E-state index contributed by atoms with van der Waals surface area (Å²) in [5.74, 6) is 0.230. The van der Waals surface area contributed by atoms with Crippen molar-refractivity contribution in [3.05, 3.63) is 10.6 Å². The molecule has 14 heavy (non-hydrogen) atoms. The second kappa shape index (κ2) is 4.68. The van der Waals surface area contributed by atoms with Crippen molar-refractivity contribution >= 4 is 46.5 Å². The monoisotopic (exact) mass is 251 g/mol. The topological polar surface area (TPSA) is 53.9 Å². The summed E-state index contributed by atoms with van der Waals surface area (Å²) in [6.07, 6.45) is 0. The van der Waals surface area contributed by atoms with Crippen LogP contribution in [0.5, 0.6) is 0 Å². The molecule has 0 aliphatic heterocycles. The lowest BCUT2D eigenvalue weighted by Gasteiger charge is -2.13. The zero-order valence-electron chi connectivity index (χ0n) is 7.45. The minimum atomic E-state index is 0.0223. The quantitative estimate of drug-likeness (QED) is 0.763. The van der Waals surface area contributed by atoms with E-state index in [0.717, 1.165) is 0 Å². The number of anilines is 1. The number of thiocarbonyl (C=S) groups is 1. The van der Waals surface area contributed by atoms with Gasteiger partial charge in [0.15, 0.2) is 5.11 Å². The minimum Gasteiger partial charge on any atom is -0.355 e. The van der Waals surface area contributed by atoms with Crippen LogP contribution in [0.15, 0.2) is 0 Å². The zero-order valence-corrected chi connectivity index (χ0v) is 9.78. The number of rotatable bonds is 1. The van der Waals surface area contributed by atoms with Crippen molar-refractivity contribution in [2.45, 2.75) is 0 Å². The van der Waals surface area contributed by atoms with E-state index in [1.807, 2.05) is 0 Å². The van der Waals surface area contributed by atoms with Gasteiger partial charge in [0, 0.05) is 14.1 Å². The molecule has 0 amide bonds. The smallest absolute Gasteiger partial charge is 0.234 e. The second-order valence-corrected chi connectivity index (χ2v) is 3.58. The second-order valence-electron chi connectivity index (χ2n) is 2.52. The minimum absolute atomic E-state index is 0.0223. The highest BCUT2D eigenvalue weighted by Gasteiger charge is 2.05. The van der Waals surface area contributed by atoms with E-state index in [1.54, 1.807) is 19.0 Å². The van der Waals surface area contributed by atoms with Crippen molar-refractivity contribution in [2.24, 2.45) is 0 Å². The summed E-state index contributed by atoms with van der Waals surface area (Å²) in [4.78, 5) is 12.9. The third kappa shape index (κ3) is 3.21. The highest BCUT2D eigenvalue weighted by atomic mass is 35.5. The van der Waals surface area contributed by atoms with E-state index in [9.17, 15) is 0 Å². The van der Waals surface area contributed by atoms with Crippen LogP contribution in [-0.2, 0) is 0 Å². The van der Waals surface area contributed by atoms with Gasteiger partial charge in [-0.3, -0.25) is 0 Å². The lowest BCUT2D eigenvalue weighted by molar-refractivity contribution is 0.633. The molecular formula is C6H7Cl2N5S. The first-order chi connectivity index (χ1) is 6.49. The molecule has 0 fully saturated rings. The Bertz CT molecular complexity index is 336. The molecule has 0 saturated heterocycles. The van der Waals surface area contributed by atoms with Gasteiger partial charge >= 0.3 is 0 Å². The Kier molecular flexibility index (Phi) is 3.79. The Morgan fingerprint density at radius 1 is 1.21 bits per heavy atom. The number of hydrogen-bond acceptors (Lipinski definition) is 4. The first-order valence-electron chi connectivity index (χ1n) is 3.54. The lowest BCUT2D eigenvalue weighted by atomic mass is 10.8. The van der Waals surface area contributed by atoms with Gasteiger partial charge in [0.05, 0.1) is 0 Å². The molecule has 5 nitrogen and oxygen atoms in total. The first kappa shape index (κ1) is 11.4. The number of nitrogens with zero attached hydrogens (tertiary/aromatic N) is 4. The standard InChI is InChI=1S/C6H7Cl2N5S/c1-13(2)6(14)12-5-10-3(7)9-4(8)11-5/h1-2H3,(H,9,10,11,12,14). The molecule has 0 aliphatic carbocycles. The third-order valence-electron chi connectivity index (χ3n) is 1.21. The number of nitrogens with one attached hydrogen (secondary N) is 1. The maximum absolute atomic E-state index is 5.57. The third-order valence-corrected chi connectivity index (χ3v) is 2.01. The van der Waals surface area contributed by atoms with Crippen LogP contribution in [0.2, 0.25) is 10.6 Å². The van der Waals surface area contributed by atoms with Gasteiger partial charge in [0.2, 0.25) is 16.5 Å². The fourth-order valence-corrected chi connectivity index (χ4v) is 1.04. The molecule has 0 aliphatic rings. The largest absolute Gasteiger partial charge is 0.355 e. The van der Waals surface area contributed by atoms with Gasteiger partial charge in [-0.1, -0.05) is 0 Å². The summed E-state index contributed by atoms with van der Waals surface area (Å²) in [7, 11) is 3.58. The molecule has 1 heterocycles. The molecule has 1 N–H and O–H groups in total. The maximum Gasteiger partial charge on any atom is 0.234 e.